The molecule has 0 aromatic rings. The van der Waals surface area contributed by atoms with E-state index in [2.05, 4.69) is 0 Å². The number of hydrogen-bond donors (Lipinski definition) is 2. The third-order valence-electron chi connectivity index (χ3n) is 2.87. The molecule has 5 heteroatoms. The lowest BCUT2D eigenvalue weighted by Gasteiger charge is -2.21. The normalized spacial score (nSPS) is 21.5. The van der Waals surface area contributed by atoms with Gasteiger partial charge in [0.25, 0.3) is 0 Å². The van der Waals surface area contributed by atoms with Crippen molar-refractivity contribution in [1.29, 1.82) is 0 Å². The Morgan fingerprint density at radius 3 is 2.33 bits per heavy atom. The molecular weight excluding hydrogens is 216 g/mol. The maximum absolute atomic E-state index is 11.6. The fraction of sp³-hybridized carbons (Fsp3) is 1.00. The van der Waals surface area contributed by atoms with Crippen molar-refractivity contribution in [2.75, 3.05) is 18.1 Å². The zero-order valence-electron chi connectivity index (χ0n) is 8.93. The highest BCUT2D eigenvalue weighted by molar-refractivity contribution is 7.91. The molecule has 0 aliphatic heterocycles. The van der Waals surface area contributed by atoms with Crippen LogP contribution >= 0.6 is 0 Å². The first-order valence-electron chi connectivity index (χ1n) is 5.53. The molecule has 0 bridgehead atoms. The second-order valence-corrected chi connectivity index (χ2v) is 6.57. The molecule has 0 aromatic heterocycles. The summed E-state index contributed by atoms with van der Waals surface area (Å²) in [6.07, 6.45) is 4.27. The van der Waals surface area contributed by atoms with Crippen LogP contribution in [0.4, 0.5) is 0 Å². The summed E-state index contributed by atoms with van der Waals surface area (Å²) >= 11 is 0. The van der Waals surface area contributed by atoms with Crippen molar-refractivity contribution in [2.45, 2.75) is 38.2 Å². The molecule has 1 fully saturated rings. The van der Waals surface area contributed by atoms with Crippen LogP contribution in [0.3, 0.4) is 0 Å². The molecule has 0 unspecified atom stereocenters. The van der Waals surface area contributed by atoms with E-state index in [1.165, 1.54) is 6.42 Å². The van der Waals surface area contributed by atoms with Gasteiger partial charge in [-0.2, -0.15) is 0 Å². The highest BCUT2D eigenvalue weighted by atomic mass is 32.2. The number of hydrogen-bond acceptors (Lipinski definition) is 4. The van der Waals surface area contributed by atoms with E-state index in [1.807, 2.05) is 0 Å². The molecule has 90 valence electrons. The Balaban J connectivity index is 2.40. The highest BCUT2D eigenvalue weighted by Crippen LogP contribution is 2.25. The summed E-state index contributed by atoms with van der Waals surface area (Å²) in [5, 5.41) is 17.7. The molecule has 0 amide bonds. The fourth-order valence-electron chi connectivity index (χ4n) is 2.13. The van der Waals surface area contributed by atoms with Crippen LogP contribution in [0.25, 0.3) is 0 Å². The zero-order valence-corrected chi connectivity index (χ0v) is 9.75. The fourth-order valence-corrected chi connectivity index (χ4v) is 4.01. The number of aliphatic hydroxyl groups is 2. The minimum atomic E-state index is -3.20. The van der Waals surface area contributed by atoms with Crippen molar-refractivity contribution in [3.8, 4) is 0 Å². The van der Waals surface area contributed by atoms with Gasteiger partial charge in [-0.3, -0.25) is 0 Å². The molecule has 1 atom stereocenters. The third kappa shape index (κ3) is 4.95. The maximum atomic E-state index is 11.6. The van der Waals surface area contributed by atoms with E-state index in [-0.39, 0.29) is 17.4 Å². The average Bonchev–Trinajstić information content (AvgIpc) is 2.17. The molecule has 1 aliphatic rings. The topological polar surface area (TPSA) is 74.6 Å². The van der Waals surface area contributed by atoms with Gasteiger partial charge in [-0.15, -0.1) is 0 Å². The molecule has 0 radical (unpaired) electrons. The summed E-state index contributed by atoms with van der Waals surface area (Å²) in [6, 6.07) is 0. The van der Waals surface area contributed by atoms with E-state index in [9.17, 15) is 8.42 Å². The Kier molecular flexibility index (Phi) is 5.02. The van der Waals surface area contributed by atoms with Crippen LogP contribution in [0.15, 0.2) is 0 Å². The summed E-state index contributed by atoms with van der Waals surface area (Å²) in [5.74, 6) is 0.124. The van der Waals surface area contributed by atoms with Crippen molar-refractivity contribution in [2.24, 2.45) is 5.92 Å². The van der Waals surface area contributed by atoms with Crippen molar-refractivity contribution in [1.82, 2.24) is 0 Å². The van der Waals surface area contributed by atoms with Gasteiger partial charge in [0, 0.05) is 0 Å². The molecule has 1 aliphatic carbocycles. The van der Waals surface area contributed by atoms with Gasteiger partial charge >= 0.3 is 0 Å². The molecule has 1 rings (SSSR count). The molecule has 1 saturated carbocycles. The lowest BCUT2D eigenvalue weighted by atomic mass is 9.91. The van der Waals surface area contributed by atoms with E-state index in [0.717, 1.165) is 25.7 Å². The lowest BCUT2D eigenvalue weighted by molar-refractivity contribution is 0.112. The van der Waals surface area contributed by atoms with Crippen LogP contribution < -0.4 is 0 Å². The first-order chi connectivity index (χ1) is 7.03. The van der Waals surface area contributed by atoms with Gasteiger partial charge < -0.3 is 10.2 Å². The predicted molar refractivity (Wildman–Crippen MR) is 58.3 cm³/mol. The smallest absolute Gasteiger partial charge is 0.153 e. The largest absolute Gasteiger partial charge is 0.394 e. The quantitative estimate of drug-likeness (QED) is 0.721. The van der Waals surface area contributed by atoms with Crippen LogP contribution in [0.1, 0.15) is 32.1 Å². The first-order valence-corrected chi connectivity index (χ1v) is 7.35. The van der Waals surface area contributed by atoms with Crippen LogP contribution in [0.2, 0.25) is 0 Å². The predicted octanol–water partition coefficient (Wildman–Crippen LogP) is 0.335. The van der Waals surface area contributed by atoms with Crippen LogP contribution in [-0.2, 0) is 9.84 Å². The Bertz CT molecular complexity index is 267. The lowest BCUT2D eigenvalue weighted by Crippen LogP contribution is -2.29. The van der Waals surface area contributed by atoms with Gasteiger partial charge in [-0.05, 0) is 18.8 Å². The second kappa shape index (κ2) is 5.82. The molecule has 0 spiro atoms. The van der Waals surface area contributed by atoms with E-state index >= 15 is 0 Å². The van der Waals surface area contributed by atoms with Crippen molar-refractivity contribution >= 4 is 9.84 Å². The Morgan fingerprint density at radius 1 is 1.20 bits per heavy atom. The Morgan fingerprint density at radius 2 is 1.80 bits per heavy atom. The highest BCUT2D eigenvalue weighted by Gasteiger charge is 2.23. The average molecular weight is 236 g/mol. The van der Waals surface area contributed by atoms with Crippen molar-refractivity contribution < 1.29 is 18.6 Å². The van der Waals surface area contributed by atoms with Crippen LogP contribution in [-0.4, -0.2) is 42.8 Å². The second-order valence-electron chi connectivity index (χ2n) is 4.42. The van der Waals surface area contributed by atoms with Crippen LogP contribution in [0, 0.1) is 5.92 Å². The number of aliphatic hydroxyl groups excluding tert-OH is 2. The Hall–Kier alpha value is -0.130. The molecular formula is C10H20O4S. The molecule has 4 nitrogen and oxygen atoms in total. The summed E-state index contributed by atoms with van der Waals surface area (Å²) in [7, 11) is -3.20. The molecule has 15 heavy (non-hydrogen) atoms. The first kappa shape index (κ1) is 12.9. The van der Waals surface area contributed by atoms with Crippen molar-refractivity contribution in [3.63, 3.8) is 0 Å². The minimum absolute atomic E-state index is 0.171. The van der Waals surface area contributed by atoms with Crippen LogP contribution in [0.5, 0.6) is 0 Å². The molecule has 0 heterocycles. The van der Waals surface area contributed by atoms with E-state index < -0.39 is 22.5 Å². The van der Waals surface area contributed by atoms with Gasteiger partial charge in [-0.25, -0.2) is 8.42 Å². The minimum Gasteiger partial charge on any atom is -0.394 e. The number of rotatable bonds is 5. The summed E-state index contributed by atoms with van der Waals surface area (Å²) in [5.41, 5.74) is 0. The van der Waals surface area contributed by atoms with Gasteiger partial charge in [-0.1, -0.05) is 19.3 Å². The molecule has 0 saturated heterocycles. The zero-order chi connectivity index (χ0) is 11.3. The van der Waals surface area contributed by atoms with Gasteiger partial charge in [0.2, 0.25) is 0 Å². The standard InChI is InChI=1S/C10H20O4S/c11-6-10(12)8-15(13,14)7-9-4-2-1-3-5-9/h9-12H,1-8H2/t10-/m0/s1. The van der Waals surface area contributed by atoms with E-state index in [1.54, 1.807) is 0 Å². The SMILES string of the molecule is O=S(=O)(CC1CCCCC1)C[C@@H](O)CO. The maximum Gasteiger partial charge on any atom is 0.153 e. The van der Waals surface area contributed by atoms with Crippen molar-refractivity contribution in [3.05, 3.63) is 0 Å². The van der Waals surface area contributed by atoms with E-state index in [4.69, 9.17) is 10.2 Å². The molecule has 0 aromatic carbocycles. The summed E-state index contributed by atoms with van der Waals surface area (Å²) < 4.78 is 23.2. The van der Waals surface area contributed by atoms with Gasteiger partial charge in [0.1, 0.15) is 0 Å². The summed E-state index contributed by atoms with van der Waals surface area (Å²) in [4.78, 5) is 0. The van der Waals surface area contributed by atoms with Gasteiger partial charge in [0.15, 0.2) is 9.84 Å². The monoisotopic (exact) mass is 236 g/mol. The Labute approximate surface area is 91.2 Å². The van der Waals surface area contributed by atoms with Gasteiger partial charge in [0.05, 0.1) is 24.2 Å². The summed E-state index contributed by atoms with van der Waals surface area (Å²) in [6.45, 7) is -0.482. The van der Waals surface area contributed by atoms with E-state index in [0.29, 0.717) is 0 Å². The number of sulfone groups is 1. The third-order valence-corrected chi connectivity index (χ3v) is 4.74. The molecule has 2 N–H and O–H groups in total.